The Morgan fingerprint density at radius 1 is 1.10 bits per heavy atom. The second-order valence-electron chi connectivity index (χ2n) is 6.09. The van der Waals surface area contributed by atoms with Gasteiger partial charge in [0.1, 0.15) is 0 Å². The van der Waals surface area contributed by atoms with Gasteiger partial charge in [-0.25, -0.2) is 10.2 Å². The van der Waals surface area contributed by atoms with Crippen molar-refractivity contribution in [2.75, 3.05) is 19.8 Å². The number of para-hydroxylation sites is 1. The second kappa shape index (κ2) is 11.9. The summed E-state index contributed by atoms with van der Waals surface area (Å²) in [5.41, 5.74) is 3.12. The van der Waals surface area contributed by atoms with Gasteiger partial charge >= 0.3 is 5.97 Å². The van der Waals surface area contributed by atoms with E-state index in [0.717, 1.165) is 0 Å². The van der Waals surface area contributed by atoms with Crippen LogP contribution in [0.5, 0.6) is 11.5 Å². The number of benzene rings is 2. The number of hydrogen-bond donors (Lipinski definition) is 1. The van der Waals surface area contributed by atoms with Crippen molar-refractivity contribution >= 4 is 23.8 Å². The van der Waals surface area contributed by atoms with Gasteiger partial charge in [-0.3, -0.25) is 14.9 Å². The minimum Gasteiger partial charge on any atom is -0.490 e. The lowest BCUT2D eigenvalue weighted by Crippen LogP contribution is -2.20. The molecule has 164 valence electrons. The third-order valence-electron chi connectivity index (χ3n) is 3.86. The van der Waals surface area contributed by atoms with E-state index in [9.17, 15) is 19.7 Å². The van der Waals surface area contributed by atoms with Crippen LogP contribution in [0.2, 0.25) is 0 Å². The van der Waals surface area contributed by atoms with Gasteiger partial charge in [0, 0.05) is 11.6 Å². The summed E-state index contributed by atoms with van der Waals surface area (Å²) in [6.45, 7) is 3.90. The van der Waals surface area contributed by atoms with Gasteiger partial charge in [0.15, 0.2) is 18.1 Å². The maximum Gasteiger partial charge on any atom is 0.344 e. The SMILES string of the molecule is CCOC(=O)COc1ccc(/C=N/NC(=O)Cc2ccccc2[N+](=O)[O-])cc1OCC. The van der Waals surface area contributed by atoms with Crippen LogP contribution in [0, 0.1) is 10.1 Å². The van der Waals surface area contributed by atoms with Crippen LogP contribution in [0.3, 0.4) is 0 Å². The Labute approximate surface area is 179 Å². The molecule has 0 unspecified atom stereocenters. The van der Waals surface area contributed by atoms with Crippen LogP contribution in [0.25, 0.3) is 0 Å². The van der Waals surface area contributed by atoms with E-state index in [0.29, 0.717) is 29.2 Å². The molecule has 31 heavy (non-hydrogen) atoms. The van der Waals surface area contributed by atoms with E-state index in [4.69, 9.17) is 14.2 Å². The highest BCUT2D eigenvalue weighted by Crippen LogP contribution is 2.28. The molecule has 2 rings (SSSR count). The molecule has 0 saturated heterocycles. The van der Waals surface area contributed by atoms with E-state index in [1.165, 1.54) is 24.4 Å². The molecule has 10 heteroatoms. The second-order valence-corrected chi connectivity index (χ2v) is 6.09. The zero-order valence-corrected chi connectivity index (χ0v) is 17.2. The summed E-state index contributed by atoms with van der Waals surface area (Å²) in [6, 6.07) is 10.9. The molecule has 0 atom stereocenters. The first kappa shape index (κ1) is 23.3. The van der Waals surface area contributed by atoms with Gasteiger partial charge in [0.05, 0.1) is 30.8 Å². The van der Waals surface area contributed by atoms with Crippen LogP contribution in [0.15, 0.2) is 47.6 Å². The standard InChI is InChI=1S/C21H23N3O7/c1-3-29-19-11-15(9-10-18(19)31-14-21(26)30-4-2)13-22-23-20(25)12-16-7-5-6-8-17(16)24(27)28/h5-11,13H,3-4,12,14H2,1-2H3,(H,23,25)/b22-13+. The van der Waals surface area contributed by atoms with Crippen LogP contribution < -0.4 is 14.9 Å². The average Bonchev–Trinajstić information content (AvgIpc) is 2.74. The number of rotatable bonds is 11. The molecule has 2 aromatic carbocycles. The van der Waals surface area contributed by atoms with Crippen LogP contribution in [0.4, 0.5) is 5.69 Å². The Morgan fingerprint density at radius 3 is 2.58 bits per heavy atom. The summed E-state index contributed by atoms with van der Waals surface area (Å²) in [7, 11) is 0. The van der Waals surface area contributed by atoms with Gasteiger partial charge in [-0.1, -0.05) is 18.2 Å². The predicted molar refractivity (Wildman–Crippen MR) is 112 cm³/mol. The Morgan fingerprint density at radius 2 is 1.87 bits per heavy atom. The van der Waals surface area contributed by atoms with Gasteiger partial charge < -0.3 is 14.2 Å². The maximum atomic E-state index is 12.1. The molecule has 1 N–H and O–H groups in total. The number of amides is 1. The smallest absolute Gasteiger partial charge is 0.344 e. The fourth-order valence-corrected chi connectivity index (χ4v) is 2.56. The van der Waals surface area contributed by atoms with Crippen LogP contribution in [-0.4, -0.2) is 42.8 Å². The molecule has 0 spiro atoms. The summed E-state index contributed by atoms with van der Waals surface area (Å²) in [5, 5.41) is 14.9. The Hall–Kier alpha value is -3.95. The minimum absolute atomic E-state index is 0.124. The lowest BCUT2D eigenvalue weighted by molar-refractivity contribution is -0.385. The summed E-state index contributed by atoms with van der Waals surface area (Å²) in [6.07, 6.45) is 1.22. The van der Waals surface area contributed by atoms with E-state index in [-0.39, 0.29) is 25.3 Å². The van der Waals surface area contributed by atoms with Crippen molar-refractivity contribution in [1.82, 2.24) is 5.43 Å². The van der Waals surface area contributed by atoms with Crippen molar-refractivity contribution in [2.24, 2.45) is 5.10 Å². The number of carbonyl (C=O) groups excluding carboxylic acids is 2. The molecule has 0 bridgehead atoms. The molecule has 10 nitrogen and oxygen atoms in total. The first-order chi connectivity index (χ1) is 14.9. The molecule has 1 amide bonds. The number of nitrogens with zero attached hydrogens (tertiary/aromatic N) is 2. The molecule has 0 saturated carbocycles. The lowest BCUT2D eigenvalue weighted by Gasteiger charge is -2.12. The molecular formula is C21H23N3O7. The maximum absolute atomic E-state index is 12.1. The summed E-state index contributed by atoms with van der Waals surface area (Å²) >= 11 is 0. The summed E-state index contributed by atoms with van der Waals surface area (Å²) in [5.74, 6) is -0.212. The Balaban J connectivity index is 2.00. The van der Waals surface area contributed by atoms with Crippen molar-refractivity contribution < 1.29 is 28.7 Å². The summed E-state index contributed by atoms with van der Waals surface area (Å²) in [4.78, 5) is 34.0. The molecule has 0 aliphatic rings. The number of nitro benzene ring substituents is 1. The normalized spacial score (nSPS) is 10.5. The van der Waals surface area contributed by atoms with Crippen LogP contribution in [-0.2, 0) is 20.7 Å². The number of ether oxygens (including phenoxy) is 3. The fourth-order valence-electron chi connectivity index (χ4n) is 2.56. The molecular weight excluding hydrogens is 406 g/mol. The monoisotopic (exact) mass is 429 g/mol. The van der Waals surface area contributed by atoms with Crippen LogP contribution in [0.1, 0.15) is 25.0 Å². The van der Waals surface area contributed by atoms with Crippen molar-refractivity contribution in [3.63, 3.8) is 0 Å². The van der Waals surface area contributed by atoms with Crippen molar-refractivity contribution in [3.8, 4) is 11.5 Å². The first-order valence-corrected chi connectivity index (χ1v) is 9.54. The highest BCUT2D eigenvalue weighted by atomic mass is 16.6. The molecule has 0 heterocycles. The minimum atomic E-state index is -0.535. The molecule has 0 aliphatic carbocycles. The molecule has 0 fully saturated rings. The summed E-state index contributed by atoms with van der Waals surface area (Å²) < 4.78 is 15.8. The lowest BCUT2D eigenvalue weighted by atomic mass is 10.1. The van der Waals surface area contributed by atoms with Crippen LogP contribution >= 0.6 is 0 Å². The Kier molecular flexibility index (Phi) is 8.96. The molecule has 2 aromatic rings. The number of esters is 1. The number of hydrazone groups is 1. The fraction of sp³-hybridized carbons (Fsp3) is 0.286. The van der Waals surface area contributed by atoms with Gasteiger partial charge in [-0.15, -0.1) is 0 Å². The van der Waals surface area contributed by atoms with Gasteiger partial charge in [-0.2, -0.15) is 5.10 Å². The Bertz CT molecular complexity index is 960. The zero-order chi connectivity index (χ0) is 22.6. The van der Waals surface area contributed by atoms with Gasteiger partial charge in [-0.05, 0) is 37.6 Å². The average molecular weight is 429 g/mol. The predicted octanol–water partition coefficient (Wildman–Crippen LogP) is 2.63. The van der Waals surface area contributed by atoms with E-state index in [2.05, 4.69) is 10.5 Å². The third kappa shape index (κ3) is 7.42. The molecule has 0 aliphatic heterocycles. The van der Waals surface area contributed by atoms with E-state index in [1.54, 1.807) is 38.1 Å². The van der Waals surface area contributed by atoms with Gasteiger partial charge in [0.2, 0.25) is 5.91 Å². The van der Waals surface area contributed by atoms with Crippen molar-refractivity contribution in [3.05, 3.63) is 63.7 Å². The van der Waals surface area contributed by atoms with Gasteiger partial charge in [0.25, 0.3) is 5.69 Å². The van der Waals surface area contributed by atoms with E-state index in [1.807, 2.05) is 0 Å². The third-order valence-corrected chi connectivity index (χ3v) is 3.86. The molecule has 0 radical (unpaired) electrons. The largest absolute Gasteiger partial charge is 0.490 e. The highest BCUT2D eigenvalue weighted by Gasteiger charge is 2.15. The molecule has 0 aromatic heterocycles. The van der Waals surface area contributed by atoms with E-state index < -0.39 is 16.8 Å². The number of hydrogen-bond acceptors (Lipinski definition) is 8. The quantitative estimate of drug-likeness (QED) is 0.251. The topological polar surface area (TPSA) is 129 Å². The van der Waals surface area contributed by atoms with E-state index >= 15 is 0 Å². The highest BCUT2D eigenvalue weighted by molar-refractivity contribution is 5.84. The number of nitro groups is 1. The first-order valence-electron chi connectivity index (χ1n) is 9.54. The number of nitrogens with one attached hydrogen (secondary N) is 1. The van der Waals surface area contributed by atoms with Crippen molar-refractivity contribution in [1.29, 1.82) is 0 Å². The number of carbonyl (C=O) groups is 2. The van der Waals surface area contributed by atoms with Crippen molar-refractivity contribution in [2.45, 2.75) is 20.3 Å². The zero-order valence-electron chi connectivity index (χ0n) is 17.2.